The molecule has 0 aliphatic heterocycles. The molecule has 0 saturated carbocycles. The first kappa shape index (κ1) is 14.7. The fourth-order valence-corrected chi connectivity index (χ4v) is 2.10. The summed E-state index contributed by atoms with van der Waals surface area (Å²) < 4.78 is 0. The van der Waals surface area contributed by atoms with E-state index in [2.05, 4.69) is 41.7 Å². The normalized spacial score (nSPS) is 10.4. The zero-order valence-corrected chi connectivity index (χ0v) is 11.9. The third kappa shape index (κ3) is 3.58. The second-order valence-corrected chi connectivity index (χ2v) is 4.77. The van der Waals surface area contributed by atoms with Gasteiger partial charge in [-0.25, -0.2) is 9.97 Å². The molecule has 0 spiro atoms. The Labute approximate surface area is 114 Å². The van der Waals surface area contributed by atoms with Crippen LogP contribution < -0.4 is 4.90 Å². The minimum absolute atomic E-state index is 0.278. The first-order valence-electron chi connectivity index (χ1n) is 6.24. The van der Waals surface area contributed by atoms with Crippen LogP contribution >= 0.6 is 11.6 Å². The van der Waals surface area contributed by atoms with Crippen LogP contribution in [0.4, 0.5) is 5.82 Å². The Hall–Kier alpha value is -1.34. The lowest BCUT2D eigenvalue weighted by molar-refractivity contribution is 0.669. The molecule has 1 aromatic heterocycles. The van der Waals surface area contributed by atoms with Crippen LogP contribution in [0, 0.1) is 11.3 Å². The number of nitriles is 1. The van der Waals surface area contributed by atoms with Crippen molar-refractivity contribution in [2.45, 2.75) is 46.1 Å². The number of rotatable bonds is 6. The van der Waals surface area contributed by atoms with E-state index in [1.807, 2.05) is 0 Å². The second kappa shape index (κ2) is 7.17. The summed E-state index contributed by atoms with van der Waals surface area (Å²) in [6.45, 7) is 6.94. The predicted octanol–water partition coefficient (Wildman–Crippen LogP) is 3.21. The molecule has 5 heteroatoms. The molecule has 0 aliphatic rings. The van der Waals surface area contributed by atoms with E-state index in [0.717, 1.165) is 24.2 Å². The zero-order valence-electron chi connectivity index (χ0n) is 11.1. The minimum atomic E-state index is 0.278. The minimum Gasteiger partial charge on any atom is -0.353 e. The van der Waals surface area contributed by atoms with Crippen LogP contribution in [-0.2, 0) is 6.42 Å². The second-order valence-electron chi connectivity index (χ2n) is 4.41. The molecule has 0 atom stereocenters. The van der Waals surface area contributed by atoms with Crippen molar-refractivity contribution in [1.29, 1.82) is 5.26 Å². The van der Waals surface area contributed by atoms with Crippen LogP contribution in [-0.4, -0.2) is 22.6 Å². The number of hydrogen-bond acceptors (Lipinski definition) is 4. The van der Waals surface area contributed by atoms with Gasteiger partial charge in [0.15, 0.2) is 0 Å². The van der Waals surface area contributed by atoms with Gasteiger partial charge in [-0.15, -0.1) is 0 Å². The van der Waals surface area contributed by atoms with Crippen molar-refractivity contribution >= 4 is 17.4 Å². The molecule has 0 amide bonds. The van der Waals surface area contributed by atoms with Gasteiger partial charge >= 0.3 is 0 Å². The van der Waals surface area contributed by atoms with Crippen molar-refractivity contribution in [2.24, 2.45) is 0 Å². The summed E-state index contributed by atoms with van der Waals surface area (Å²) in [6, 6.07) is 2.45. The van der Waals surface area contributed by atoms with Gasteiger partial charge in [-0.3, -0.25) is 0 Å². The monoisotopic (exact) mass is 266 g/mol. The van der Waals surface area contributed by atoms with E-state index in [9.17, 15) is 0 Å². The summed E-state index contributed by atoms with van der Waals surface area (Å²) in [4.78, 5) is 10.5. The van der Waals surface area contributed by atoms with Gasteiger partial charge in [0, 0.05) is 18.2 Å². The fourth-order valence-electron chi connectivity index (χ4n) is 1.87. The highest BCUT2D eigenvalue weighted by atomic mass is 35.5. The van der Waals surface area contributed by atoms with Crippen molar-refractivity contribution in [2.75, 3.05) is 11.4 Å². The molecule has 0 fully saturated rings. The zero-order chi connectivity index (χ0) is 13.5. The summed E-state index contributed by atoms with van der Waals surface area (Å²) in [5, 5.41) is 9.25. The molecule has 0 N–H and O–H groups in total. The Balaban J connectivity index is 3.10. The molecule has 0 saturated heterocycles. The van der Waals surface area contributed by atoms with E-state index in [1.54, 1.807) is 0 Å². The van der Waals surface area contributed by atoms with E-state index in [4.69, 9.17) is 16.9 Å². The lowest BCUT2D eigenvalue weighted by atomic mass is 10.1. The predicted molar refractivity (Wildman–Crippen MR) is 73.7 cm³/mol. The van der Waals surface area contributed by atoms with Gasteiger partial charge in [0.25, 0.3) is 0 Å². The lowest BCUT2D eigenvalue weighted by Gasteiger charge is -2.29. The summed E-state index contributed by atoms with van der Waals surface area (Å²) in [5.41, 5.74) is 0.980. The molecular weight excluding hydrogens is 248 g/mol. The Kier molecular flexibility index (Phi) is 5.87. The summed E-state index contributed by atoms with van der Waals surface area (Å²) in [5.74, 6) is 0.863. The maximum Gasteiger partial charge on any atom is 0.137 e. The van der Waals surface area contributed by atoms with Gasteiger partial charge in [0.05, 0.1) is 12.5 Å². The highest BCUT2D eigenvalue weighted by molar-refractivity contribution is 6.30. The number of anilines is 1. The molecule has 0 unspecified atom stereocenters. The van der Waals surface area contributed by atoms with Crippen LogP contribution in [0.25, 0.3) is 0 Å². The SMILES string of the molecule is CCCc1c(Cl)ncnc1N(CCC#N)C(C)C. The Morgan fingerprint density at radius 2 is 2.17 bits per heavy atom. The smallest absolute Gasteiger partial charge is 0.137 e. The maximum absolute atomic E-state index is 8.74. The largest absolute Gasteiger partial charge is 0.353 e. The van der Waals surface area contributed by atoms with Crippen molar-refractivity contribution < 1.29 is 0 Å². The van der Waals surface area contributed by atoms with E-state index >= 15 is 0 Å². The van der Waals surface area contributed by atoms with Crippen LogP contribution in [0.15, 0.2) is 6.33 Å². The lowest BCUT2D eigenvalue weighted by Crippen LogP contribution is -2.33. The molecule has 0 bridgehead atoms. The molecule has 1 aromatic rings. The molecule has 0 aromatic carbocycles. The Bertz CT molecular complexity index is 425. The average Bonchev–Trinajstić information content (AvgIpc) is 2.33. The van der Waals surface area contributed by atoms with Gasteiger partial charge < -0.3 is 4.90 Å². The topological polar surface area (TPSA) is 52.8 Å². The quantitative estimate of drug-likeness (QED) is 0.742. The number of halogens is 1. The van der Waals surface area contributed by atoms with Gasteiger partial charge in [0.1, 0.15) is 17.3 Å². The summed E-state index contributed by atoms with van der Waals surface area (Å²) in [7, 11) is 0. The number of nitrogens with zero attached hydrogens (tertiary/aromatic N) is 4. The van der Waals surface area contributed by atoms with E-state index in [-0.39, 0.29) is 6.04 Å². The number of hydrogen-bond donors (Lipinski definition) is 0. The fraction of sp³-hybridized carbons (Fsp3) is 0.615. The van der Waals surface area contributed by atoms with Gasteiger partial charge in [0.2, 0.25) is 0 Å². The van der Waals surface area contributed by atoms with Crippen molar-refractivity contribution in [3.05, 3.63) is 17.0 Å². The van der Waals surface area contributed by atoms with Crippen LogP contribution in [0.1, 0.15) is 39.2 Å². The van der Waals surface area contributed by atoms with E-state index in [0.29, 0.717) is 18.1 Å². The Morgan fingerprint density at radius 1 is 1.44 bits per heavy atom. The van der Waals surface area contributed by atoms with Gasteiger partial charge in [-0.1, -0.05) is 24.9 Å². The first-order valence-corrected chi connectivity index (χ1v) is 6.62. The third-order valence-corrected chi connectivity index (χ3v) is 3.06. The molecule has 1 heterocycles. The Morgan fingerprint density at radius 3 is 2.72 bits per heavy atom. The number of aromatic nitrogens is 2. The van der Waals surface area contributed by atoms with Gasteiger partial charge in [-0.05, 0) is 20.3 Å². The molecule has 0 radical (unpaired) electrons. The highest BCUT2D eigenvalue weighted by Gasteiger charge is 2.18. The van der Waals surface area contributed by atoms with Crippen molar-refractivity contribution in [3.63, 3.8) is 0 Å². The van der Waals surface area contributed by atoms with Crippen LogP contribution in [0.3, 0.4) is 0 Å². The standard InChI is InChI=1S/C13H19ClN4/c1-4-6-11-12(14)16-9-17-13(11)18(10(2)3)8-5-7-15/h9-10H,4-6,8H2,1-3H3. The molecule has 98 valence electrons. The van der Waals surface area contributed by atoms with E-state index in [1.165, 1.54) is 6.33 Å². The highest BCUT2D eigenvalue weighted by Crippen LogP contribution is 2.26. The van der Waals surface area contributed by atoms with E-state index < -0.39 is 0 Å². The summed E-state index contributed by atoms with van der Waals surface area (Å²) in [6.07, 6.45) is 3.80. The van der Waals surface area contributed by atoms with Crippen LogP contribution in [0.2, 0.25) is 5.15 Å². The molecule has 18 heavy (non-hydrogen) atoms. The van der Waals surface area contributed by atoms with Crippen molar-refractivity contribution in [1.82, 2.24) is 9.97 Å². The third-order valence-electron chi connectivity index (χ3n) is 2.73. The molecule has 1 rings (SSSR count). The molecule has 0 aliphatic carbocycles. The summed E-state index contributed by atoms with van der Waals surface area (Å²) >= 11 is 6.15. The van der Waals surface area contributed by atoms with Crippen LogP contribution in [0.5, 0.6) is 0 Å². The average molecular weight is 267 g/mol. The first-order chi connectivity index (χ1) is 8.61. The molecular formula is C13H19ClN4. The maximum atomic E-state index is 8.74. The van der Waals surface area contributed by atoms with Crippen molar-refractivity contribution in [3.8, 4) is 6.07 Å². The molecule has 4 nitrogen and oxygen atoms in total. The van der Waals surface area contributed by atoms with Gasteiger partial charge in [-0.2, -0.15) is 5.26 Å².